The fourth-order valence-corrected chi connectivity index (χ4v) is 2.43. The van der Waals surface area contributed by atoms with Crippen molar-refractivity contribution in [3.8, 4) is 5.75 Å². The van der Waals surface area contributed by atoms with Gasteiger partial charge in [0.25, 0.3) is 0 Å². The minimum absolute atomic E-state index is 0.0676. The number of para-hydroxylation sites is 1. The second-order valence-corrected chi connectivity index (χ2v) is 5.12. The van der Waals surface area contributed by atoms with Crippen molar-refractivity contribution in [1.82, 2.24) is 4.90 Å². The van der Waals surface area contributed by atoms with Crippen LogP contribution in [0.25, 0.3) is 0 Å². The Morgan fingerprint density at radius 3 is 2.65 bits per heavy atom. The van der Waals surface area contributed by atoms with Gasteiger partial charge in [0.2, 0.25) is 0 Å². The predicted octanol–water partition coefficient (Wildman–Crippen LogP) is 1.85. The quantitative estimate of drug-likeness (QED) is 0.831. The minimum atomic E-state index is -0.818. The van der Waals surface area contributed by atoms with Crippen molar-refractivity contribution in [2.45, 2.75) is 31.9 Å². The van der Waals surface area contributed by atoms with Crippen LogP contribution >= 0.6 is 0 Å². The molecule has 0 radical (unpaired) electrons. The number of piperidine rings is 1. The Balaban J connectivity index is 1.72. The number of nitrogens with zero attached hydrogens (tertiary/aromatic N) is 1. The number of aromatic hydroxyl groups is 1. The van der Waals surface area contributed by atoms with Crippen LogP contribution in [0.15, 0.2) is 24.3 Å². The number of phenols is 1. The van der Waals surface area contributed by atoms with Crippen molar-refractivity contribution in [1.29, 1.82) is 0 Å². The molecule has 1 heterocycles. The van der Waals surface area contributed by atoms with Crippen molar-refractivity contribution in [2.75, 3.05) is 19.7 Å². The molecule has 0 unspecified atom stereocenters. The molecule has 0 aromatic heterocycles. The lowest BCUT2D eigenvalue weighted by molar-refractivity contribution is -0.138. The maximum Gasteiger partial charge on any atom is 0.305 e. The van der Waals surface area contributed by atoms with Gasteiger partial charge in [-0.05, 0) is 18.9 Å². The third-order valence-corrected chi connectivity index (χ3v) is 3.59. The van der Waals surface area contributed by atoms with Gasteiger partial charge in [0.15, 0.2) is 0 Å². The highest BCUT2D eigenvalue weighted by Crippen LogP contribution is 2.21. The molecular formula is C15H21NO4. The molecule has 1 saturated heterocycles. The molecule has 20 heavy (non-hydrogen) atoms. The number of phenolic OH excluding ortho intramolecular Hbond substituents is 1. The number of likely N-dealkylation sites (tertiary alicyclic amines) is 1. The first-order valence-electron chi connectivity index (χ1n) is 6.98. The van der Waals surface area contributed by atoms with E-state index in [4.69, 9.17) is 9.84 Å². The van der Waals surface area contributed by atoms with Crippen LogP contribution in [0.3, 0.4) is 0 Å². The first kappa shape index (κ1) is 14.8. The number of aliphatic carboxylic acids is 1. The van der Waals surface area contributed by atoms with E-state index in [1.807, 2.05) is 18.2 Å². The average molecular weight is 279 g/mol. The fourth-order valence-electron chi connectivity index (χ4n) is 2.43. The number of carboxylic acid groups (broad SMARTS) is 1. The molecule has 1 aliphatic rings. The monoisotopic (exact) mass is 279 g/mol. The summed E-state index contributed by atoms with van der Waals surface area (Å²) in [5.41, 5.74) is 0.942. The molecule has 1 aromatic carbocycles. The Kier molecular flexibility index (Phi) is 5.38. The SMILES string of the molecule is O=C(O)CCOC1CCN(Cc2ccccc2O)CC1. The van der Waals surface area contributed by atoms with Crippen molar-refractivity contribution in [3.63, 3.8) is 0 Å². The molecule has 2 N–H and O–H groups in total. The summed E-state index contributed by atoms with van der Waals surface area (Å²) in [6.07, 6.45) is 2.05. The van der Waals surface area contributed by atoms with E-state index in [9.17, 15) is 9.90 Å². The molecule has 0 spiro atoms. The molecular weight excluding hydrogens is 258 g/mol. The summed E-state index contributed by atoms with van der Waals surface area (Å²) in [4.78, 5) is 12.7. The van der Waals surface area contributed by atoms with Gasteiger partial charge in [0.1, 0.15) is 5.75 Å². The van der Waals surface area contributed by atoms with Gasteiger partial charge in [-0.3, -0.25) is 9.69 Å². The van der Waals surface area contributed by atoms with Crippen LogP contribution in [0, 0.1) is 0 Å². The Morgan fingerprint density at radius 2 is 2.00 bits per heavy atom. The highest BCUT2D eigenvalue weighted by atomic mass is 16.5. The summed E-state index contributed by atoms with van der Waals surface area (Å²) in [7, 11) is 0. The third kappa shape index (κ3) is 4.51. The van der Waals surface area contributed by atoms with Crippen LogP contribution in [0.2, 0.25) is 0 Å². The molecule has 1 aromatic rings. The number of carboxylic acids is 1. The lowest BCUT2D eigenvalue weighted by Crippen LogP contribution is -2.36. The van der Waals surface area contributed by atoms with E-state index in [0.29, 0.717) is 12.4 Å². The molecule has 0 atom stereocenters. The fraction of sp³-hybridized carbons (Fsp3) is 0.533. The highest BCUT2D eigenvalue weighted by Gasteiger charge is 2.20. The van der Waals surface area contributed by atoms with E-state index in [1.165, 1.54) is 0 Å². The lowest BCUT2D eigenvalue weighted by Gasteiger charge is -2.31. The number of hydrogen-bond donors (Lipinski definition) is 2. The van der Waals surface area contributed by atoms with Gasteiger partial charge >= 0.3 is 5.97 Å². The minimum Gasteiger partial charge on any atom is -0.508 e. The van der Waals surface area contributed by atoms with E-state index in [1.54, 1.807) is 6.07 Å². The topological polar surface area (TPSA) is 70.0 Å². The van der Waals surface area contributed by atoms with E-state index >= 15 is 0 Å². The summed E-state index contributed by atoms with van der Waals surface area (Å²) >= 11 is 0. The average Bonchev–Trinajstić information content (AvgIpc) is 2.43. The first-order valence-corrected chi connectivity index (χ1v) is 6.98. The van der Waals surface area contributed by atoms with E-state index < -0.39 is 5.97 Å². The molecule has 2 rings (SSSR count). The van der Waals surface area contributed by atoms with Gasteiger partial charge in [0.05, 0.1) is 19.1 Å². The van der Waals surface area contributed by atoms with Gasteiger partial charge in [-0.25, -0.2) is 0 Å². The maximum absolute atomic E-state index is 10.4. The Bertz CT molecular complexity index is 441. The zero-order valence-corrected chi connectivity index (χ0v) is 11.5. The van der Waals surface area contributed by atoms with Crippen LogP contribution in [-0.2, 0) is 16.1 Å². The van der Waals surface area contributed by atoms with E-state index in [0.717, 1.165) is 38.0 Å². The second kappa shape index (κ2) is 7.26. The summed E-state index contributed by atoms with van der Waals surface area (Å²) in [6, 6.07) is 7.39. The number of ether oxygens (including phenoxy) is 1. The number of carbonyl (C=O) groups is 1. The molecule has 110 valence electrons. The molecule has 5 heteroatoms. The third-order valence-electron chi connectivity index (χ3n) is 3.59. The van der Waals surface area contributed by atoms with Crippen LogP contribution in [-0.4, -0.2) is 46.9 Å². The maximum atomic E-state index is 10.4. The lowest BCUT2D eigenvalue weighted by atomic mass is 10.1. The summed E-state index contributed by atoms with van der Waals surface area (Å²) in [5.74, 6) is -0.477. The Labute approximate surface area is 118 Å². The first-order chi connectivity index (χ1) is 9.65. The van der Waals surface area contributed by atoms with E-state index in [2.05, 4.69) is 4.90 Å². The van der Waals surface area contributed by atoms with Gasteiger partial charge in [-0.2, -0.15) is 0 Å². The summed E-state index contributed by atoms with van der Waals surface area (Å²) in [5, 5.41) is 18.3. The number of hydrogen-bond acceptors (Lipinski definition) is 4. The van der Waals surface area contributed by atoms with Crippen molar-refractivity contribution >= 4 is 5.97 Å². The van der Waals surface area contributed by atoms with Crippen molar-refractivity contribution < 1.29 is 19.7 Å². The molecule has 0 saturated carbocycles. The van der Waals surface area contributed by atoms with Crippen molar-refractivity contribution in [2.24, 2.45) is 0 Å². The molecule has 5 nitrogen and oxygen atoms in total. The van der Waals surface area contributed by atoms with Crippen LogP contribution < -0.4 is 0 Å². The van der Waals surface area contributed by atoms with Gasteiger partial charge < -0.3 is 14.9 Å². The standard InChI is InChI=1S/C15H21NO4/c17-14-4-2-1-3-12(14)11-16-8-5-13(6-9-16)20-10-7-15(18)19/h1-4,13,17H,5-11H2,(H,18,19). The smallest absolute Gasteiger partial charge is 0.305 e. The summed E-state index contributed by atoms with van der Waals surface area (Å²) < 4.78 is 5.56. The molecule has 1 fully saturated rings. The van der Waals surface area contributed by atoms with Crippen LogP contribution in [0.4, 0.5) is 0 Å². The van der Waals surface area contributed by atoms with Crippen molar-refractivity contribution in [3.05, 3.63) is 29.8 Å². The van der Waals surface area contributed by atoms with E-state index in [-0.39, 0.29) is 12.5 Å². The highest BCUT2D eigenvalue weighted by molar-refractivity contribution is 5.66. The predicted molar refractivity (Wildman–Crippen MR) is 74.6 cm³/mol. The Morgan fingerprint density at radius 1 is 1.30 bits per heavy atom. The zero-order valence-electron chi connectivity index (χ0n) is 11.5. The molecule has 1 aliphatic heterocycles. The molecule has 0 amide bonds. The van der Waals surface area contributed by atoms with Gasteiger partial charge in [0, 0.05) is 25.2 Å². The molecule has 0 bridgehead atoms. The van der Waals surface area contributed by atoms with Gasteiger partial charge in [-0.15, -0.1) is 0 Å². The Hall–Kier alpha value is -1.59. The van der Waals surface area contributed by atoms with Crippen LogP contribution in [0.5, 0.6) is 5.75 Å². The largest absolute Gasteiger partial charge is 0.508 e. The van der Waals surface area contributed by atoms with Crippen LogP contribution in [0.1, 0.15) is 24.8 Å². The zero-order chi connectivity index (χ0) is 14.4. The second-order valence-electron chi connectivity index (χ2n) is 5.12. The summed E-state index contributed by atoms with van der Waals surface area (Å²) in [6.45, 7) is 2.85. The number of rotatable bonds is 6. The van der Waals surface area contributed by atoms with Gasteiger partial charge in [-0.1, -0.05) is 18.2 Å². The normalized spacial score (nSPS) is 17.2. The number of benzene rings is 1. The molecule has 0 aliphatic carbocycles.